The van der Waals surface area contributed by atoms with Crippen molar-refractivity contribution in [3.05, 3.63) is 53.6 Å². The lowest BCUT2D eigenvalue weighted by atomic mass is 9.66. The van der Waals surface area contributed by atoms with E-state index in [1.165, 1.54) is 11.1 Å². The van der Waals surface area contributed by atoms with E-state index in [0.717, 1.165) is 12.1 Å². The van der Waals surface area contributed by atoms with Crippen molar-refractivity contribution in [3.8, 4) is 0 Å². The van der Waals surface area contributed by atoms with Gasteiger partial charge in [0.15, 0.2) is 0 Å². The van der Waals surface area contributed by atoms with Gasteiger partial charge in [-0.05, 0) is 41.5 Å². The van der Waals surface area contributed by atoms with Gasteiger partial charge in [-0.2, -0.15) is 0 Å². The predicted octanol–water partition coefficient (Wildman–Crippen LogP) is 4.70. The third-order valence-corrected chi connectivity index (χ3v) is 4.37. The SMILES string of the molecule is CC(C)C1=CCC(c2cccc(N)c2)(C(C)C)C=C1. The van der Waals surface area contributed by atoms with Gasteiger partial charge in [0.25, 0.3) is 0 Å². The average molecular weight is 255 g/mol. The maximum absolute atomic E-state index is 5.96. The summed E-state index contributed by atoms with van der Waals surface area (Å²) in [6.07, 6.45) is 8.16. The number of nitrogen functional groups attached to an aromatic ring is 1. The molecule has 0 saturated carbocycles. The number of hydrogen-bond donors (Lipinski definition) is 1. The summed E-state index contributed by atoms with van der Waals surface area (Å²) in [5, 5.41) is 0. The number of benzene rings is 1. The normalized spacial score (nSPS) is 22.9. The Bertz CT molecular complexity index is 508. The van der Waals surface area contributed by atoms with Crippen molar-refractivity contribution in [1.82, 2.24) is 0 Å². The molecule has 0 amide bonds. The van der Waals surface area contributed by atoms with E-state index in [0.29, 0.717) is 11.8 Å². The minimum atomic E-state index is 0.0910. The van der Waals surface area contributed by atoms with E-state index in [1.54, 1.807) is 0 Å². The first-order valence-electron chi connectivity index (χ1n) is 7.21. The number of anilines is 1. The van der Waals surface area contributed by atoms with Crippen LogP contribution in [0.5, 0.6) is 0 Å². The molecule has 1 unspecified atom stereocenters. The second-order valence-electron chi connectivity index (χ2n) is 6.22. The van der Waals surface area contributed by atoms with Gasteiger partial charge in [0.1, 0.15) is 0 Å². The number of rotatable bonds is 3. The molecule has 0 fully saturated rings. The highest BCUT2D eigenvalue weighted by atomic mass is 14.5. The van der Waals surface area contributed by atoms with Crippen molar-refractivity contribution >= 4 is 5.69 Å². The highest BCUT2D eigenvalue weighted by Crippen LogP contribution is 2.41. The maximum Gasteiger partial charge on any atom is 0.0317 e. The van der Waals surface area contributed by atoms with Crippen molar-refractivity contribution < 1.29 is 0 Å². The van der Waals surface area contributed by atoms with E-state index in [4.69, 9.17) is 5.73 Å². The first-order chi connectivity index (χ1) is 8.95. The smallest absolute Gasteiger partial charge is 0.0317 e. The molecule has 1 aliphatic rings. The van der Waals surface area contributed by atoms with E-state index >= 15 is 0 Å². The molecular formula is C18H25N. The van der Waals surface area contributed by atoms with Gasteiger partial charge in [-0.1, -0.05) is 58.1 Å². The van der Waals surface area contributed by atoms with Gasteiger partial charge in [0.05, 0.1) is 0 Å². The molecule has 1 heteroatoms. The molecule has 19 heavy (non-hydrogen) atoms. The van der Waals surface area contributed by atoms with Crippen LogP contribution in [0.15, 0.2) is 48.1 Å². The highest BCUT2D eigenvalue weighted by molar-refractivity contribution is 5.47. The summed E-state index contributed by atoms with van der Waals surface area (Å²) >= 11 is 0. The van der Waals surface area contributed by atoms with E-state index in [2.05, 4.69) is 64.1 Å². The summed E-state index contributed by atoms with van der Waals surface area (Å²) < 4.78 is 0. The van der Waals surface area contributed by atoms with Crippen LogP contribution in [-0.4, -0.2) is 0 Å². The monoisotopic (exact) mass is 255 g/mol. The van der Waals surface area contributed by atoms with E-state index in [1.807, 2.05) is 6.07 Å². The maximum atomic E-state index is 5.96. The van der Waals surface area contributed by atoms with Crippen LogP contribution in [0, 0.1) is 11.8 Å². The summed E-state index contributed by atoms with van der Waals surface area (Å²) in [5.74, 6) is 1.15. The van der Waals surface area contributed by atoms with Crippen molar-refractivity contribution in [2.24, 2.45) is 11.8 Å². The predicted molar refractivity (Wildman–Crippen MR) is 84.0 cm³/mol. The van der Waals surface area contributed by atoms with Gasteiger partial charge in [-0.25, -0.2) is 0 Å². The Balaban J connectivity index is 2.41. The molecule has 0 aliphatic heterocycles. The van der Waals surface area contributed by atoms with Crippen LogP contribution in [0.3, 0.4) is 0 Å². The minimum absolute atomic E-state index is 0.0910. The first kappa shape index (κ1) is 13.9. The third kappa shape index (κ3) is 2.60. The van der Waals surface area contributed by atoms with Crippen molar-refractivity contribution in [2.45, 2.75) is 39.5 Å². The lowest BCUT2D eigenvalue weighted by Crippen LogP contribution is -2.31. The molecule has 0 aromatic heterocycles. The van der Waals surface area contributed by atoms with Crippen LogP contribution < -0.4 is 5.73 Å². The fourth-order valence-electron chi connectivity index (χ4n) is 2.90. The van der Waals surface area contributed by atoms with Gasteiger partial charge in [-0.15, -0.1) is 0 Å². The van der Waals surface area contributed by atoms with E-state index in [9.17, 15) is 0 Å². The van der Waals surface area contributed by atoms with Crippen LogP contribution >= 0.6 is 0 Å². The largest absolute Gasteiger partial charge is 0.399 e. The fourth-order valence-corrected chi connectivity index (χ4v) is 2.90. The molecule has 0 heterocycles. The second-order valence-corrected chi connectivity index (χ2v) is 6.22. The molecule has 2 N–H and O–H groups in total. The first-order valence-corrected chi connectivity index (χ1v) is 7.21. The number of nitrogens with two attached hydrogens (primary N) is 1. The Kier molecular flexibility index (Phi) is 3.84. The number of allylic oxidation sites excluding steroid dienone is 4. The minimum Gasteiger partial charge on any atom is -0.399 e. The summed E-state index contributed by atoms with van der Waals surface area (Å²) in [4.78, 5) is 0. The molecule has 0 radical (unpaired) electrons. The zero-order chi connectivity index (χ0) is 14.0. The van der Waals surface area contributed by atoms with Gasteiger partial charge in [-0.3, -0.25) is 0 Å². The Morgan fingerprint density at radius 2 is 1.89 bits per heavy atom. The van der Waals surface area contributed by atoms with Crippen molar-refractivity contribution in [2.75, 3.05) is 5.73 Å². The van der Waals surface area contributed by atoms with Crippen LogP contribution in [0.4, 0.5) is 5.69 Å². The van der Waals surface area contributed by atoms with Crippen molar-refractivity contribution in [1.29, 1.82) is 0 Å². The Morgan fingerprint density at radius 3 is 2.37 bits per heavy atom. The molecule has 1 aromatic carbocycles. The zero-order valence-electron chi connectivity index (χ0n) is 12.5. The van der Waals surface area contributed by atoms with Crippen LogP contribution in [-0.2, 0) is 5.41 Å². The topological polar surface area (TPSA) is 26.0 Å². The van der Waals surface area contributed by atoms with Crippen molar-refractivity contribution in [3.63, 3.8) is 0 Å². The fraction of sp³-hybridized carbons (Fsp3) is 0.444. The van der Waals surface area contributed by atoms with Gasteiger partial charge in [0, 0.05) is 11.1 Å². The van der Waals surface area contributed by atoms with Crippen LogP contribution in [0.2, 0.25) is 0 Å². The standard InChI is InChI=1S/C18H25N/c1-13(2)15-8-10-18(11-9-15,14(3)4)16-6-5-7-17(19)12-16/h5-10,12-14H,11,19H2,1-4H3. The second kappa shape index (κ2) is 5.24. The Hall–Kier alpha value is -1.50. The highest BCUT2D eigenvalue weighted by Gasteiger charge is 2.34. The molecule has 0 bridgehead atoms. The summed E-state index contributed by atoms with van der Waals surface area (Å²) in [6.45, 7) is 9.08. The zero-order valence-corrected chi connectivity index (χ0v) is 12.5. The van der Waals surface area contributed by atoms with Crippen LogP contribution in [0.1, 0.15) is 39.7 Å². The lowest BCUT2D eigenvalue weighted by molar-refractivity contribution is 0.382. The summed E-state index contributed by atoms with van der Waals surface area (Å²) in [7, 11) is 0. The molecule has 1 atom stereocenters. The molecule has 0 saturated heterocycles. The summed E-state index contributed by atoms with van der Waals surface area (Å²) in [6, 6.07) is 8.34. The van der Waals surface area contributed by atoms with Gasteiger partial charge < -0.3 is 5.73 Å². The van der Waals surface area contributed by atoms with E-state index in [-0.39, 0.29) is 5.41 Å². The third-order valence-electron chi connectivity index (χ3n) is 4.37. The molecule has 1 aromatic rings. The molecule has 0 spiro atoms. The number of hydrogen-bond acceptors (Lipinski definition) is 1. The van der Waals surface area contributed by atoms with Crippen LogP contribution in [0.25, 0.3) is 0 Å². The average Bonchev–Trinajstić information content (AvgIpc) is 2.38. The summed E-state index contributed by atoms with van der Waals surface area (Å²) in [5.41, 5.74) is 9.68. The molecule has 1 nitrogen and oxygen atoms in total. The Morgan fingerprint density at radius 1 is 1.16 bits per heavy atom. The molecule has 2 rings (SSSR count). The molecular weight excluding hydrogens is 230 g/mol. The Labute approximate surface area is 117 Å². The van der Waals surface area contributed by atoms with E-state index < -0.39 is 0 Å². The van der Waals surface area contributed by atoms with Gasteiger partial charge in [0.2, 0.25) is 0 Å². The lowest BCUT2D eigenvalue weighted by Gasteiger charge is -2.37. The molecule has 1 aliphatic carbocycles. The quantitative estimate of drug-likeness (QED) is 0.778. The molecule has 102 valence electrons. The van der Waals surface area contributed by atoms with Gasteiger partial charge >= 0.3 is 0 Å².